The number of aryl methyl sites for hydroxylation is 3. The van der Waals surface area contributed by atoms with E-state index in [1.165, 1.54) is 5.56 Å². The molecule has 0 saturated carbocycles. The monoisotopic (exact) mass is 351 g/mol. The first-order valence-corrected chi connectivity index (χ1v) is 8.69. The maximum absolute atomic E-state index is 12.9. The Kier molecular flexibility index (Phi) is 5.04. The van der Waals surface area contributed by atoms with Crippen LogP contribution in [0.3, 0.4) is 0 Å². The summed E-state index contributed by atoms with van der Waals surface area (Å²) in [5.41, 5.74) is 4.15. The Bertz CT molecular complexity index is 930. The average molecular weight is 351 g/mol. The zero-order chi connectivity index (χ0) is 18.8. The smallest absolute Gasteiger partial charge is 0.252 e. The number of amides is 1. The molecule has 0 saturated heterocycles. The van der Waals surface area contributed by atoms with Crippen molar-refractivity contribution in [2.75, 3.05) is 20.6 Å². The second kappa shape index (κ2) is 7.25. The standard InChI is InChI=1S/C20H25N5O/c1-13-11-16(18-14(2)23-25(5)19(18)22-13)20(26)21-12-17(24(3)4)15-9-7-6-8-10-15/h6-11,17H,12H2,1-5H3,(H,21,26)/t17-/m0/s1. The van der Waals surface area contributed by atoms with E-state index < -0.39 is 0 Å². The second-order valence-corrected chi connectivity index (χ2v) is 6.82. The molecule has 6 heteroatoms. The third-order valence-corrected chi connectivity index (χ3v) is 4.61. The fraction of sp³-hybridized carbons (Fsp3) is 0.350. The van der Waals surface area contributed by atoms with Crippen LogP contribution in [-0.4, -0.2) is 46.2 Å². The van der Waals surface area contributed by atoms with Crippen LogP contribution in [0.25, 0.3) is 11.0 Å². The van der Waals surface area contributed by atoms with Gasteiger partial charge in [-0.25, -0.2) is 4.98 Å². The Morgan fingerprint density at radius 3 is 2.58 bits per heavy atom. The van der Waals surface area contributed by atoms with E-state index in [4.69, 9.17) is 0 Å². The van der Waals surface area contributed by atoms with E-state index in [1.807, 2.05) is 59.3 Å². The molecular weight excluding hydrogens is 326 g/mol. The molecule has 0 radical (unpaired) electrons. The van der Waals surface area contributed by atoms with E-state index in [9.17, 15) is 4.79 Å². The van der Waals surface area contributed by atoms with Gasteiger partial charge in [0.1, 0.15) is 0 Å². The van der Waals surface area contributed by atoms with E-state index in [-0.39, 0.29) is 11.9 Å². The lowest BCUT2D eigenvalue weighted by Gasteiger charge is -2.25. The number of likely N-dealkylation sites (N-methyl/N-ethyl adjacent to an activating group) is 1. The van der Waals surface area contributed by atoms with Gasteiger partial charge in [-0.05, 0) is 39.6 Å². The molecule has 136 valence electrons. The lowest BCUT2D eigenvalue weighted by molar-refractivity contribution is 0.0943. The van der Waals surface area contributed by atoms with Crippen molar-refractivity contribution in [2.24, 2.45) is 7.05 Å². The SMILES string of the molecule is Cc1cc(C(=O)NC[C@@H](c2ccccc2)N(C)C)c2c(C)nn(C)c2n1. The first kappa shape index (κ1) is 18.1. The van der Waals surface area contributed by atoms with E-state index in [1.54, 1.807) is 4.68 Å². The number of benzene rings is 1. The number of nitrogens with one attached hydrogen (secondary N) is 1. The number of carbonyl (C=O) groups excluding carboxylic acids is 1. The van der Waals surface area contributed by atoms with Crippen LogP contribution < -0.4 is 5.32 Å². The molecular formula is C20H25N5O. The zero-order valence-corrected chi connectivity index (χ0v) is 15.9. The van der Waals surface area contributed by atoms with Gasteiger partial charge in [0.15, 0.2) is 5.65 Å². The normalized spacial score (nSPS) is 12.5. The predicted octanol–water partition coefficient (Wildman–Crippen LogP) is 2.62. The van der Waals surface area contributed by atoms with Crippen molar-refractivity contribution in [3.05, 3.63) is 58.9 Å². The molecule has 1 amide bonds. The van der Waals surface area contributed by atoms with Gasteiger partial charge in [0.25, 0.3) is 5.91 Å². The van der Waals surface area contributed by atoms with Crippen LogP contribution in [-0.2, 0) is 7.05 Å². The summed E-state index contributed by atoms with van der Waals surface area (Å²) in [4.78, 5) is 19.6. The van der Waals surface area contributed by atoms with Gasteiger partial charge in [-0.15, -0.1) is 0 Å². The highest BCUT2D eigenvalue weighted by Crippen LogP contribution is 2.22. The Balaban J connectivity index is 1.87. The van der Waals surface area contributed by atoms with Crippen molar-refractivity contribution < 1.29 is 4.79 Å². The van der Waals surface area contributed by atoms with Gasteiger partial charge in [-0.2, -0.15) is 5.10 Å². The number of rotatable bonds is 5. The minimum Gasteiger partial charge on any atom is -0.350 e. The Morgan fingerprint density at radius 1 is 1.23 bits per heavy atom. The molecule has 2 aromatic heterocycles. The largest absolute Gasteiger partial charge is 0.350 e. The topological polar surface area (TPSA) is 63.1 Å². The number of carbonyl (C=O) groups is 1. The molecule has 26 heavy (non-hydrogen) atoms. The average Bonchev–Trinajstić information content (AvgIpc) is 2.89. The van der Waals surface area contributed by atoms with Crippen LogP contribution in [0.15, 0.2) is 36.4 Å². The van der Waals surface area contributed by atoms with Crippen LogP contribution >= 0.6 is 0 Å². The van der Waals surface area contributed by atoms with Crippen LogP contribution in [0.1, 0.15) is 33.4 Å². The van der Waals surface area contributed by atoms with Crippen molar-refractivity contribution >= 4 is 16.9 Å². The third kappa shape index (κ3) is 3.46. The number of hydrogen-bond donors (Lipinski definition) is 1. The van der Waals surface area contributed by atoms with Crippen molar-refractivity contribution in [3.8, 4) is 0 Å². The summed E-state index contributed by atoms with van der Waals surface area (Å²) in [6.07, 6.45) is 0. The number of hydrogen-bond acceptors (Lipinski definition) is 4. The highest BCUT2D eigenvalue weighted by atomic mass is 16.1. The summed E-state index contributed by atoms with van der Waals surface area (Å²) >= 11 is 0. The lowest BCUT2D eigenvalue weighted by atomic mass is 10.1. The molecule has 1 N–H and O–H groups in total. The molecule has 6 nitrogen and oxygen atoms in total. The van der Waals surface area contributed by atoms with E-state index >= 15 is 0 Å². The molecule has 0 bridgehead atoms. The highest BCUT2D eigenvalue weighted by molar-refractivity contribution is 6.06. The summed E-state index contributed by atoms with van der Waals surface area (Å²) in [5.74, 6) is -0.0978. The van der Waals surface area contributed by atoms with E-state index in [2.05, 4.69) is 32.4 Å². The molecule has 0 unspecified atom stereocenters. The van der Waals surface area contributed by atoms with Crippen molar-refractivity contribution in [1.29, 1.82) is 0 Å². The minimum atomic E-state index is -0.0978. The van der Waals surface area contributed by atoms with Gasteiger partial charge in [-0.1, -0.05) is 30.3 Å². The summed E-state index contributed by atoms with van der Waals surface area (Å²) in [7, 11) is 5.88. The quantitative estimate of drug-likeness (QED) is 0.767. The molecule has 0 aliphatic carbocycles. The number of fused-ring (bicyclic) bond motifs is 1. The van der Waals surface area contributed by atoms with Gasteiger partial charge in [0.2, 0.25) is 0 Å². The van der Waals surface area contributed by atoms with Gasteiger partial charge in [0, 0.05) is 19.3 Å². The summed E-state index contributed by atoms with van der Waals surface area (Å²) in [6, 6.07) is 12.1. The second-order valence-electron chi connectivity index (χ2n) is 6.82. The van der Waals surface area contributed by atoms with E-state index in [0.717, 1.165) is 22.4 Å². The number of nitrogens with zero attached hydrogens (tertiary/aromatic N) is 4. The van der Waals surface area contributed by atoms with Gasteiger partial charge < -0.3 is 10.2 Å². The third-order valence-electron chi connectivity index (χ3n) is 4.61. The molecule has 0 spiro atoms. The van der Waals surface area contributed by atoms with Gasteiger partial charge >= 0.3 is 0 Å². The molecule has 0 aliphatic heterocycles. The highest BCUT2D eigenvalue weighted by Gasteiger charge is 2.20. The predicted molar refractivity (Wildman–Crippen MR) is 103 cm³/mol. The molecule has 1 atom stereocenters. The summed E-state index contributed by atoms with van der Waals surface area (Å²) in [5, 5.41) is 8.32. The molecule has 1 aromatic carbocycles. The Hall–Kier alpha value is -2.73. The summed E-state index contributed by atoms with van der Waals surface area (Å²) < 4.78 is 1.72. The first-order chi connectivity index (χ1) is 12.4. The van der Waals surface area contributed by atoms with Crippen LogP contribution in [0.2, 0.25) is 0 Å². The molecule has 0 fully saturated rings. The van der Waals surface area contributed by atoms with Crippen LogP contribution in [0.5, 0.6) is 0 Å². The van der Waals surface area contributed by atoms with E-state index in [0.29, 0.717) is 12.1 Å². The summed E-state index contributed by atoms with van der Waals surface area (Å²) in [6.45, 7) is 4.33. The van der Waals surface area contributed by atoms with Crippen LogP contribution in [0.4, 0.5) is 0 Å². The maximum atomic E-state index is 12.9. The molecule has 2 heterocycles. The fourth-order valence-corrected chi connectivity index (χ4v) is 3.31. The van der Waals surface area contributed by atoms with Crippen LogP contribution in [0, 0.1) is 13.8 Å². The number of aromatic nitrogens is 3. The van der Waals surface area contributed by atoms with Crippen molar-refractivity contribution in [1.82, 2.24) is 25.0 Å². The fourth-order valence-electron chi connectivity index (χ4n) is 3.31. The molecule has 3 aromatic rings. The number of pyridine rings is 1. The molecule has 3 rings (SSSR count). The Morgan fingerprint density at radius 2 is 1.92 bits per heavy atom. The first-order valence-electron chi connectivity index (χ1n) is 8.69. The maximum Gasteiger partial charge on any atom is 0.252 e. The van der Waals surface area contributed by atoms with Crippen molar-refractivity contribution in [3.63, 3.8) is 0 Å². The van der Waals surface area contributed by atoms with Gasteiger partial charge in [-0.3, -0.25) is 9.48 Å². The molecule has 0 aliphatic rings. The minimum absolute atomic E-state index is 0.0978. The van der Waals surface area contributed by atoms with Crippen molar-refractivity contribution in [2.45, 2.75) is 19.9 Å². The van der Waals surface area contributed by atoms with Gasteiger partial charge in [0.05, 0.1) is 22.7 Å². The Labute approximate surface area is 153 Å². The zero-order valence-electron chi connectivity index (χ0n) is 15.9. The lowest BCUT2D eigenvalue weighted by Crippen LogP contribution is -2.34.